The summed E-state index contributed by atoms with van der Waals surface area (Å²) in [5, 5.41) is 32.5. The van der Waals surface area contributed by atoms with E-state index < -0.39 is 24.1 Å². The van der Waals surface area contributed by atoms with Gasteiger partial charge in [-0.05, 0) is 24.2 Å². The first kappa shape index (κ1) is 17.6. The molecule has 2 saturated carbocycles. The molecule has 0 spiro atoms. The molecule has 0 aromatic rings. The molecular formula is C14H22O7. The second-order valence-electron chi connectivity index (χ2n) is 6.48. The van der Waals surface area contributed by atoms with Gasteiger partial charge in [0, 0.05) is 11.8 Å². The Morgan fingerprint density at radius 3 is 1.67 bits per heavy atom. The van der Waals surface area contributed by atoms with Crippen LogP contribution in [0.3, 0.4) is 0 Å². The summed E-state index contributed by atoms with van der Waals surface area (Å²) in [5.41, 5.74) is 0.307. The monoisotopic (exact) mass is 302 g/mol. The van der Waals surface area contributed by atoms with Crippen molar-refractivity contribution in [1.82, 2.24) is 0 Å². The number of aliphatic carboxylic acids is 2. The van der Waals surface area contributed by atoms with Crippen molar-refractivity contribution in [3.63, 3.8) is 0 Å². The van der Waals surface area contributed by atoms with E-state index >= 15 is 0 Å². The molecule has 0 saturated heterocycles. The second kappa shape index (κ2) is 5.73. The van der Waals surface area contributed by atoms with Gasteiger partial charge in [0.15, 0.2) is 12.2 Å². The largest absolute Gasteiger partial charge is 0.479 e. The number of carboxylic acids is 2. The van der Waals surface area contributed by atoms with Crippen molar-refractivity contribution < 1.29 is 34.8 Å². The van der Waals surface area contributed by atoms with Crippen molar-refractivity contribution >= 4 is 17.7 Å². The summed E-state index contributed by atoms with van der Waals surface area (Å²) >= 11 is 0. The highest BCUT2D eigenvalue weighted by molar-refractivity contribution is 5.89. The molecule has 2 aliphatic rings. The second-order valence-corrected chi connectivity index (χ2v) is 6.48. The van der Waals surface area contributed by atoms with E-state index in [0.29, 0.717) is 11.7 Å². The zero-order chi connectivity index (χ0) is 16.6. The molecule has 4 unspecified atom stereocenters. The predicted molar refractivity (Wildman–Crippen MR) is 71.5 cm³/mol. The van der Waals surface area contributed by atoms with Gasteiger partial charge in [-0.1, -0.05) is 20.8 Å². The third-order valence-corrected chi connectivity index (χ3v) is 5.29. The van der Waals surface area contributed by atoms with Crippen LogP contribution in [0.25, 0.3) is 0 Å². The highest BCUT2D eigenvalue weighted by Crippen LogP contribution is 2.63. The summed E-state index contributed by atoms with van der Waals surface area (Å²) in [7, 11) is 0. The van der Waals surface area contributed by atoms with Gasteiger partial charge in [-0.25, -0.2) is 9.59 Å². The first-order valence-electron chi connectivity index (χ1n) is 6.80. The molecule has 2 fully saturated rings. The zero-order valence-corrected chi connectivity index (χ0v) is 12.4. The maximum atomic E-state index is 11.6. The minimum atomic E-state index is -2.27. The Labute approximate surface area is 122 Å². The van der Waals surface area contributed by atoms with E-state index in [9.17, 15) is 14.4 Å². The van der Waals surface area contributed by atoms with Crippen LogP contribution in [0, 0.1) is 16.7 Å². The Kier molecular flexibility index (Phi) is 4.80. The molecule has 0 heterocycles. The molecule has 120 valence electrons. The molecule has 4 N–H and O–H groups in total. The highest BCUT2D eigenvalue weighted by atomic mass is 16.4. The van der Waals surface area contributed by atoms with Crippen molar-refractivity contribution in [1.29, 1.82) is 0 Å². The normalized spacial score (nSPS) is 32.0. The average molecular weight is 302 g/mol. The molecule has 0 amide bonds. The summed E-state index contributed by atoms with van der Waals surface area (Å²) in [6.45, 7) is 6.67. The number of carbonyl (C=O) groups excluding carboxylic acids is 1. The van der Waals surface area contributed by atoms with Crippen LogP contribution in [-0.2, 0) is 14.4 Å². The Hall–Kier alpha value is -1.47. The van der Waals surface area contributed by atoms with Crippen LogP contribution in [0.15, 0.2) is 0 Å². The summed E-state index contributed by atoms with van der Waals surface area (Å²) < 4.78 is 0. The van der Waals surface area contributed by atoms with E-state index in [-0.39, 0.29) is 10.8 Å². The maximum Gasteiger partial charge on any atom is 0.335 e. The van der Waals surface area contributed by atoms with Crippen LogP contribution in [0.4, 0.5) is 0 Å². The topological polar surface area (TPSA) is 132 Å². The highest BCUT2D eigenvalue weighted by Gasteiger charge is 2.61. The fourth-order valence-electron chi connectivity index (χ4n) is 3.17. The van der Waals surface area contributed by atoms with Crippen LogP contribution in [0.1, 0.15) is 40.0 Å². The summed E-state index contributed by atoms with van der Waals surface area (Å²) in [4.78, 5) is 31.1. The number of Topliss-reactive ketones (excluding diaryl/α,β-unsaturated/α-hetero) is 1. The average Bonchev–Trinajstić information content (AvgIpc) is 2.70. The van der Waals surface area contributed by atoms with E-state index in [1.54, 1.807) is 0 Å². The molecule has 21 heavy (non-hydrogen) atoms. The van der Waals surface area contributed by atoms with Crippen molar-refractivity contribution in [3.8, 4) is 0 Å². The maximum absolute atomic E-state index is 11.6. The first-order valence-corrected chi connectivity index (χ1v) is 6.80. The molecule has 2 aliphatic carbocycles. The molecule has 0 radical (unpaired) electrons. The van der Waals surface area contributed by atoms with Crippen molar-refractivity contribution in [3.05, 3.63) is 0 Å². The Balaban J connectivity index is 0.000000212. The van der Waals surface area contributed by atoms with Gasteiger partial charge in [-0.3, -0.25) is 4.79 Å². The van der Waals surface area contributed by atoms with Gasteiger partial charge in [-0.15, -0.1) is 0 Å². The summed E-state index contributed by atoms with van der Waals surface area (Å²) in [6.07, 6.45) is -1.28. The quantitative estimate of drug-likeness (QED) is 0.588. The Morgan fingerprint density at radius 1 is 1.10 bits per heavy atom. The molecule has 2 rings (SSSR count). The number of hydrogen-bond donors (Lipinski definition) is 4. The fraction of sp³-hybridized carbons (Fsp3) is 0.786. The number of carbonyl (C=O) groups is 3. The van der Waals surface area contributed by atoms with Gasteiger partial charge in [0.1, 0.15) is 5.78 Å². The van der Waals surface area contributed by atoms with Crippen LogP contribution < -0.4 is 0 Å². The van der Waals surface area contributed by atoms with Gasteiger partial charge >= 0.3 is 11.9 Å². The Bertz CT molecular complexity index is 438. The zero-order valence-electron chi connectivity index (χ0n) is 12.4. The molecule has 7 nitrogen and oxygen atoms in total. The van der Waals surface area contributed by atoms with Crippen LogP contribution in [-0.4, -0.2) is 50.4 Å². The number of carboxylic acid groups (broad SMARTS) is 2. The molecule has 7 heteroatoms. The first-order chi connectivity index (χ1) is 9.45. The van der Waals surface area contributed by atoms with Crippen LogP contribution >= 0.6 is 0 Å². The van der Waals surface area contributed by atoms with Gasteiger partial charge in [-0.2, -0.15) is 0 Å². The number of fused-ring (bicyclic) bond motifs is 2. The number of rotatable bonds is 3. The summed E-state index contributed by atoms with van der Waals surface area (Å²) in [5.74, 6) is -2.34. The van der Waals surface area contributed by atoms with Gasteiger partial charge in [0.05, 0.1) is 0 Å². The van der Waals surface area contributed by atoms with Crippen molar-refractivity contribution in [2.75, 3.05) is 0 Å². The van der Waals surface area contributed by atoms with E-state index in [0.717, 1.165) is 12.8 Å². The van der Waals surface area contributed by atoms with Crippen molar-refractivity contribution in [2.45, 2.75) is 52.2 Å². The lowest BCUT2D eigenvalue weighted by Gasteiger charge is -2.32. The lowest BCUT2D eigenvalue weighted by molar-refractivity contribution is -0.165. The molecule has 0 aromatic carbocycles. The molecular weight excluding hydrogens is 280 g/mol. The molecule has 0 aliphatic heterocycles. The SMILES string of the molecule is CC12CCC(CC1=O)C2(C)C.O=C(O)C(O)C(O)C(=O)O. The van der Waals surface area contributed by atoms with E-state index in [1.807, 2.05) is 0 Å². The summed E-state index contributed by atoms with van der Waals surface area (Å²) in [6, 6.07) is 0. The van der Waals surface area contributed by atoms with Gasteiger partial charge < -0.3 is 20.4 Å². The van der Waals surface area contributed by atoms with E-state index in [1.165, 1.54) is 6.42 Å². The minimum Gasteiger partial charge on any atom is -0.479 e. The van der Waals surface area contributed by atoms with E-state index in [4.69, 9.17) is 20.4 Å². The number of hydrogen-bond acceptors (Lipinski definition) is 5. The third-order valence-electron chi connectivity index (χ3n) is 5.29. The number of aliphatic hydroxyl groups is 2. The fourth-order valence-corrected chi connectivity index (χ4v) is 3.17. The molecule has 4 atom stereocenters. The van der Waals surface area contributed by atoms with Crippen LogP contribution in [0.5, 0.6) is 0 Å². The Morgan fingerprint density at radius 2 is 1.52 bits per heavy atom. The predicted octanol–water partition coefficient (Wildman–Crippen LogP) is 0.279. The lowest BCUT2D eigenvalue weighted by atomic mass is 9.70. The number of aliphatic hydroxyl groups excluding tert-OH is 2. The van der Waals surface area contributed by atoms with Gasteiger partial charge in [0.2, 0.25) is 0 Å². The number of ketones is 1. The lowest BCUT2D eigenvalue weighted by Crippen LogP contribution is -2.39. The van der Waals surface area contributed by atoms with Gasteiger partial charge in [0.25, 0.3) is 0 Å². The third kappa shape index (κ3) is 2.94. The van der Waals surface area contributed by atoms with Crippen molar-refractivity contribution in [2.24, 2.45) is 16.7 Å². The minimum absolute atomic E-state index is 0.0255. The molecule has 0 aromatic heterocycles. The van der Waals surface area contributed by atoms with Crippen LogP contribution in [0.2, 0.25) is 0 Å². The molecule has 2 bridgehead atoms. The smallest absolute Gasteiger partial charge is 0.335 e. The standard InChI is InChI=1S/C10H16O.C4H6O6/c1-9(2)7-4-5-10(9,3)8(11)6-7;5-1(3(7)8)2(6)4(9)10/h7H,4-6H2,1-3H3;1-2,5-6H,(H,7,8)(H,9,10). The van der Waals surface area contributed by atoms with E-state index in [2.05, 4.69) is 20.8 Å².